The van der Waals surface area contributed by atoms with Crippen molar-refractivity contribution in [1.82, 2.24) is 0 Å². The minimum Gasteiger partial charge on any atom is -0.300 e. The number of carbonyl (C=O) groups excluding carboxylic acids is 1. The van der Waals surface area contributed by atoms with E-state index in [0.29, 0.717) is 5.78 Å². The van der Waals surface area contributed by atoms with Crippen LogP contribution in [0.5, 0.6) is 0 Å². The minimum atomic E-state index is 0.525. The van der Waals surface area contributed by atoms with Crippen LogP contribution in [0.15, 0.2) is 0 Å². The summed E-state index contributed by atoms with van der Waals surface area (Å²) >= 11 is 0. The molecule has 2 aliphatic carbocycles. The minimum absolute atomic E-state index is 0.525. The molecule has 0 radical (unpaired) electrons. The van der Waals surface area contributed by atoms with E-state index in [1.807, 2.05) is 0 Å². The van der Waals surface area contributed by atoms with Gasteiger partial charge in [0.15, 0.2) is 0 Å². The topological polar surface area (TPSA) is 17.1 Å². The summed E-state index contributed by atoms with van der Waals surface area (Å²) in [6, 6.07) is 0. The van der Waals surface area contributed by atoms with Crippen LogP contribution in [0.1, 0.15) is 38.5 Å². The van der Waals surface area contributed by atoms with Crippen molar-refractivity contribution in [3.05, 3.63) is 0 Å². The number of Topliss-reactive ketones (excluding diaryl/α,β-unsaturated/α-hetero) is 1. The van der Waals surface area contributed by atoms with Crippen LogP contribution in [0, 0.1) is 11.8 Å². The van der Waals surface area contributed by atoms with Gasteiger partial charge in [-0.05, 0) is 24.7 Å². The molecule has 0 amide bonds. The number of ketones is 1. The van der Waals surface area contributed by atoms with Crippen molar-refractivity contribution in [2.45, 2.75) is 38.5 Å². The molecule has 0 spiro atoms. The number of rotatable bonds is 0. The Labute approximate surface area is 61.8 Å². The molecule has 0 aromatic rings. The molecule has 0 N–H and O–H groups in total. The molecule has 2 fully saturated rings. The maximum atomic E-state index is 11.0. The summed E-state index contributed by atoms with van der Waals surface area (Å²) in [4.78, 5) is 11.0. The molecule has 2 rings (SSSR count). The van der Waals surface area contributed by atoms with Gasteiger partial charge in [0.2, 0.25) is 0 Å². The molecule has 2 saturated carbocycles. The lowest BCUT2D eigenvalue weighted by atomic mass is 9.82. The summed E-state index contributed by atoms with van der Waals surface area (Å²) in [6.07, 6.45) is 7.21. The molecule has 56 valence electrons. The van der Waals surface area contributed by atoms with E-state index in [-0.39, 0.29) is 0 Å². The number of carbonyl (C=O) groups is 1. The second kappa shape index (κ2) is 2.37. The van der Waals surface area contributed by atoms with E-state index in [4.69, 9.17) is 0 Å². The van der Waals surface area contributed by atoms with Crippen molar-refractivity contribution in [3.63, 3.8) is 0 Å². The van der Waals surface area contributed by atoms with Crippen molar-refractivity contribution in [2.75, 3.05) is 0 Å². The molecule has 1 heteroatoms. The average molecular weight is 138 g/mol. The quantitative estimate of drug-likeness (QED) is 0.501. The number of fused-ring (bicyclic) bond motifs is 1. The largest absolute Gasteiger partial charge is 0.300 e. The average Bonchev–Trinajstić information content (AvgIpc) is 2.27. The molecule has 0 aromatic heterocycles. The van der Waals surface area contributed by atoms with Gasteiger partial charge in [-0.1, -0.05) is 12.8 Å². The summed E-state index contributed by atoms with van der Waals surface area (Å²) in [7, 11) is 0. The van der Waals surface area contributed by atoms with Crippen molar-refractivity contribution < 1.29 is 4.79 Å². The molecule has 10 heavy (non-hydrogen) atoms. The maximum Gasteiger partial charge on any atom is 0.133 e. The predicted molar refractivity (Wildman–Crippen MR) is 39.7 cm³/mol. The van der Waals surface area contributed by atoms with Crippen molar-refractivity contribution >= 4 is 5.78 Å². The van der Waals surface area contributed by atoms with Crippen molar-refractivity contribution in [2.24, 2.45) is 11.8 Å². The zero-order valence-electron chi connectivity index (χ0n) is 6.31. The summed E-state index contributed by atoms with van der Waals surface area (Å²) in [5.74, 6) is 2.11. The first-order valence-corrected chi connectivity index (χ1v) is 4.38. The third-order valence-corrected chi connectivity index (χ3v) is 3.05. The summed E-state index contributed by atoms with van der Waals surface area (Å²) < 4.78 is 0. The van der Waals surface area contributed by atoms with Gasteiger partial charge < -0.3 is 0 Å². The van der Waals surface area contributed by atoms with Gasteiger partial charge in [-0.3, -0.25) is 4.79 Å². The molecule has 0 saturated heterocycles. The summed E-state index contributed by atoms with van der Waals surface area (Å²) in [5, 5.41) is 0. The maximum absolute atomic E-state index is 11.0. The molecule has 1 nitrogen and oxygen atoms in total. The Morgan fingerprint density at radius 2 is 1.50 bits per heavy atom. The van der Waals surface area contributed by atoms with E-state index in [1.165, 1.54) is 25.7 Å². The fourth-order valence-electron chi connectivity index (χ4n) is 2.49. The highest BCUT2D eigenvalue weighted by atomic mass is 16.1. The van der Waals surface area contributed by atoms with Crippen LogP contribution in [-0.2, 0) is 4.79 Å². The summed E-state index contributed by atoms with van der Waals surface area (Å²) in [6.45, 7) is 0. The highest BCUT2D eigenvalue weighted by molar-refractivity contribution is 5.81. The lowest BCUT2D eigenvalue weighted by Crippen LogP contribution is -2.12. The fourth-order valence-corrected chi connectivity index (χ4v) is 2.49. The van der Waals surface area contributed by atoms with E-state index >= 15 is 0 Å². The van der Waals surface area contributed by atoms with Crippen molar-refractivity contribution in [1.29, 1.82) is 0 Å². The monoisotopic (exact) mass is 138 g/mol. The first-order chi connectivity index (χ1) is 4.86. The Balaban J connectivity index is 2.04. The van der Waals surface area contributed by atoms with E-state index < -0.39 is 0 Å². The van der Waals surface area contributed by atoms with Gasteiger partial charge in [0, 0.05) is 12.8 Å². The molecule has 2 atom stereocenters. The highest BCUT2D eigenvalue weighted by Gasteiger charge is 2.33. The van der Waals surface area contributed by atoms with Gasteiger partial charge in [-0.15, -0.1) is 0 Å². The Morgan fingerprint density at radius 3 is 2.00 bits per heavy atom. The first kappa shape index (κ1) is 6.38. The van der Waals surface area contributed by atoms with Crippen LogP contribution in [0.4, 0.5) is 0 Å². The lowest BCUT2D eigenvalue weighted by Gasteiger charge is -2.23. The SMILES string of the molecule is O=C1CC2CCCCC2C1. The van der Waals surface area contributed by atoms with Crippen LogP contribution >= 0.6 is 0 Å². The fraction of sp³-hybridized carbons (Fsp3) is 0.889. The van der Waals surface area contributed by atoms with Gasteiger partial charge >= 0.3 is 0 Å². The standard InChI is InChI=1S/C9H14O/c10-9-5-7-3-1-2-4-8(7)6-9/h7-8H,1-6H2. The third-order valence-electron chi connectivity index (χ3n) is 3.05. The van der Waals surface area contributed by atoms with Gasteiger partial charge in [-0.2, -0.15) is 0 Å². The zero-order chi connectivity index (χ0) is 6.97. The zero-order valence-corrected chi connectivity index (χ0v) is 6.31. The van der Waals surface area contributed by atoms with Gasteiger partial charge in [0.1, 0.15) is 5.78 Å². The highest BCUT2D eigenvalue weighted by Crippen LogP contribution is 2.40. The molecule has 0 bridgehead atoms. The first-order valence-electron chi connectivity index (χ1n) is 4.38. The number of hydrogen-bond donors (Lipinski definition) is 0. The Morgan fingerprint density at radius 1 is 1.00 bits per heavy atom. The van der Waals surface area contributed by atoms with E-state index in [1.54, 1.807) is 0 Å². The molecular weight excluding hydrogens is 124 g/mol. The van der Waals surface area contributed by atoms with Crippen LogP contribution in [0.2, 0.25) is 0 Å². The van der Waals surface area contributed by atoms with E-state index in [0.717, 1.165) is 24.7 Å². The number of hydrogen-bond acceptors (Lipinski definition) is 1. The molecule has 0 heterocycles. The van der Waals surface area contributed by atoms with Crippen LogP contribution < -0.4 is 0 Å². The van der Waals surface area contributed by atoms with Gasteiger partial charge in [0.25, 0.3) is 0 Å². The van der Waals surface area contributed by atoms with E-state index in [2.05, 4.69) is 0 Å². The predicted octanol–water partition coefficient (Wildman–Crippen LogP) is 2.16. The van der Waals surface area contributed by atoms with Crippen molar-refractivity contribution in [3.8, 4) is 0 Å². The lowest BCUT2D eigenvalue weighted by molar-refractivity contribution is -0.117. The van der Waals surface area contributed by atoms with Gasteiger partial charge in [0.05, 0.1) is 0 Å². The molecule has 0 aliphatic heterocycles. The van der Waals surface area contributed by atoms with Crippen LogP contribution in [-0.4, -0.2) is 5.78 Å². The Hall–Kier alpha value is -0.330. The molecule has 2 unspecified atom stereocenters. The molecular formula is C9H14O. The normalized spacial score (nSPS) is 39.8. The summed E-state index contributed by atoms with van der Waals surface area (Å²) in [5.41, 5.74) is 0. The Bertz CT molecular complexity index is 135. The second-order valence-corrected chi connectivity index (χ2v) is 3.75. The Kier molecular flexibility index (Phi) is 1.51. The van der Waals surface area contributed by atoms with Crippen LogP contribution in [0.25, 0.3) is 0 Å². The van der Waals surface area contributed by atoms with E-state index in [9.17, 15) is 4.79 Å². The molecule has 2 aliphatic rings. The second-order valence-electron chi connectivity index (χ2n) is 3.75. The smallest absolute Gasteiger partial charge is 0.133 e. The van der Waals surface area contributed by atoms with Crippen LogP contribution in [0.3, 0.4) is 0 Å². The van der Waals surface area contributed by atoms with Gasteiger partial charge in [-0.25, -0.2) is 0 Å². The third kappa shape index (κ3) is 0.979. The molecule has 0 aromatic carbocycles.